The first-order valence-electron chi connectivity index (χ1n) is 9.04. The van der Waals surface area contributed by atoms with Crippen LogP contribution < -0.4 is 10.6 Å². The monoisotopic (exact) mass is 364 g/mol. The molecule has 0 saturated heterocycles. The maximum atomic E-state index is 12.3. The maximum absolute atomic E-state index is 12.3. The summed E-state index contributed by atoms with van der Waals surface area (Å²) in [5.74, 6) is -0.205. The van der Waals surface area contributed by atoms with Crippen LogP contribution in [0, 0.1) is 0 Å². The molecular weight excluding hydrogens is 348 g/mol. The highest BCUT2D eigenvalue weighted by molar-refractivity contribution is 6.35. The molecule has 0 atom stereocenters. The molecule has 2 amide bonds. The van der Waals surface area contributed by atoms with Gasteiger partial charge in [0.15, 0.2) is 0 Å². The Balaban J connectivity index is 1.54. The number of anilines is 2. The lowest BCUT2D eigenvalue weighted by atomic mass is 10.0. The molecule has 0 unspecified atom stereocenters. The molecule has 2 aliphatic rings. The Morgan fingerprint density at radius 1 is 0.571 bits per heavy atom. The molecule has 3 aromatic carbocycles. The lowest BCUT2D eigenvalue weighted by Gasteiger charge is -2.02. The molecule has 0 spiro atoms. The molecular formula is C24H16N2O2. The predicted molar refractivity (Wildman–Crippen MR) is 112 cm³/mol. The highest BCUT2D eigenvalue weighted by Crippen LogP contribution is 2.34. The average Bonchev–Trinajstić information content (AvgIpc) is 3.19. The molecule has 0 aliphatic carbocycles. The van der Waals surface area contributed by atoms with E-state index in [1.165, 1.54) is 0 Å². The minimum atomic E-state index is -0.103. The standard InChI is InChI=1S/C24H16N2O2/c27-23-19(17-8-1-3-10-21(17)25-23)13-15-6-5-7-16(12-15)14-20-18-9-2-4-11-22(18)26-24(20)28/h1-14H,(H,25,27)(H,26,28)/b19-13-,20-14-. The molecule has 28 heavy (non-hydrogen) atoms. The van der Waals surface area contributed by atoms with Gasteiger partial charge in [-0.3, -0.25) is 9.59 Å². The summed E-state index contributed by atoms with van der Waals surface area (Å²) in [6.07, 6.45) is 3.76. The molecule has 5 rings (SSSR count). The number of nitrogens with one attached hydrogen (secondary N) is 2. The lowest BCUT2D eigenvalue weighted by Crippen LogP contribution is -2.03. The molecule has 4 heteroatoms. The highest BCUT2D eigenvalue weighted by Gasteiger charge is 2.24. The van der Waals surface area contributed by atoms with Crippen molar-refractivity contribution < 1.29 is 9.59 Å². The molecule has 0 saturated carbocycles. The second kappa shape index (κ2) is 6.35. The number of rotatable bonds is 2. The van der Waals surface area contributed by atoms with E-state index in [2.05, 4.69) is 10.6 Å². The van der Waals surface area contributed by atoms with Gasteiger partial charge in [0.25, 0.3) is 11.8 Å². The molecule has 2 heterocycles. The number of hydrogen-bond donors (Lipinski definition) is 2. The third-order valence-corrected chi connectivity index (χ3v) is 4.95. The summed E-state index contributed by atoms with van der Waals surface area (Å²) in [6.45, 7) is 0. The number of carbonyl (C=O) groups excluding carboxylic acids is 2. The van der Waals surface area contributed by atoms with Crippen LogP contribution in [-0.4, -0.2) is 11.8 Å². The topological polar surface area (TPSA) is 58.2 Å². The van der Waals surface area contributed by atoms with Crippen molar-refractivity contribution >= 4 is 46.5 Å². The van der Waals surface area contributed by atoms with E-state index in [0.717, 1.165) is 33.6 Å². The molecule has 3 aromatic rings. The largest absolute Gasteiger partial charge is 0.321 e. The minimum Gasteiger partial charge on any atom is -0.321 e. The first-order chi connectivity index (χ1) is 13.7. The van der Waals surface area contributed by atoms with Gasteiger partial charge in [0.2, 0.25) is 0 Å². The van der Waals surface area contributed by atoms with Crippen LogP contribution in [0.25, 0.3) is 23.3 Å². The third-order valence-electron chi connectivity index (χ3n) is 4.95. The van der Waals surface area contributed by atoms with Crippen LogP contribution in [-0.2, 0) is 9.59 Å². The van der Waals surface area contributed by atoms with Gasteiger partial charge in [-0.15, -0.1) is 0 Å². The molecule has 0 radical (unpaired) electrons. The molecule has 0 aromatic heterocycles. The second-order valence-electron chi connectivity index (χ2n) is 6.79. The Labute approximate surface area is 162 Å². The van der Waals surface area contributed by atoms with Gasteiger partial charge < -0.3 is 10.6 Å². The van der Waals surface area contributed by atoms with Crippen molar-refractivity contribution in [2.45, 2.75) is 0 Å². The quantitative estimate of drug-likeness (QED) is 0.649. The Morgan fingerprint density at radius 2 is 1.04 bits per heavy atom. The van der Waals surface area contributed by atoms with Crippen molar-refractivity contribution in [2.24, 2.45) is 0 Å². The molecule has 2 aliphatic heterocycles. The van der Waals surface area contributed by atoms with E-state index >= 15 is 0 Å². The van der Waals surface area contributed by atoms with Crippen molar-refractivity contribution in [3.05, 3.63) is 95.1 Å². The van der Waals surface area contributed by atoms with Gasteiger partial charge >= 0.3 is 0 Å². The second-order valence-corrected chi connectivity index (χ2v) is 6.79. The summed E-state index contributed by atoms with van der Waals surface area (Å²) >= 11 is 0. The number of fused-ring (bicyclic) bond motifs is 2. The van der Waals surface area contributed by atoms with E-state index in [9.17, 15) is 9.59 Å². The zero-order valence-corrected chi connectivity index (χ0v) is 14.9. The van der Waals surface area contributed by atoms with Crippen molar-refractivity contribution in [2.75, 3.05) is 10.6 Å². The summed E-state index contributed by atoms with van der Waals surface area (Å²) in [4.78, 5) is 24.7. The predicted octanol–water partition coefficient (Wildman–Crippen LogP) is 4.67. The smallest absolute Gasteiger partial charge is 0.256 e. The van der Waals surface area contributed by atoms with E-state index in [-0.39, 0.29) is 11.8 Å². The zero-order valence-electron chi connectivity index (χ0n) is 14.9. The summed E-state index contributed by atoms with van der Waals surface area (Å²) in [5, 5.41) is 5.77. The first kappa shape index (κ1) is 16.3. The Bertz CT molecular complexity index is 1110. The number of hydrogen-bond acceptors (Lipinski definition) is 2. The van der Waals surface area contributed by atoms with Gasteiger partial charge in [-0.2, -0.15) is 0 Å². The van der Waals surface area contributed by atoms with Crippen molar-refractivity contribution in [3.8, 4) is 0 Å². The van der Waals surface area contributed by atoms with Crippen molar-refractivity contribution in [1.29, 1.82) is 0 Å². The van der Waals surface area contributed by atoms with Crippen LogP contribution in [0.2, 0.25) is 0 Å². The summed E-state index contributed by atoms with van der Waals surface area (Å²) < 4.78 is 0. The number of para-hydroxylation sites is 2. The highest BCUT2D eigenvalue weighted by atomic mass is 16.2. The van der Waals surface area contributed by atoms with Gasteiger partial charge in [-0.25, -0.2) is 0 Å². The fourth-order valence-corrected chi connectivity index (χ4v) is 3.64. The molecule has 134 valence electrons. The number of carbonyl (C=O) groups is 2. The SMILES string of the molecule is O=C1Nc2ccccc2/C1=C/c1cccc(/C=C2\C(=O)Nc3ccccc32)c1. The van der Waals surface area contributed by atoms with E-state index in [1.807, 2.05) is 84.9 Å². The maximum Gasteiger partial charge on any atom is 0.256 e. The lowest BCUT2D eigenvalue weighted by molar-refractivity contribution is -0.111. The van der Waals surface area contributed by atoms with Gasteiger partial charge in [-0.05, 0) is 41.5 Å². The Hall–Kier alpha value is -3.92. The zero-order chi connectivity index (χ0) is 19.1. The fraction of sp³-hybridized carbons (Fsp3) is 0. The Morgan fingerprint density at radius 3 is 1.54 bits per heavy atom. The van der Waals surface area contributed by atoms with Gasteiger partial charge in [0, 0.05) is 33.6 Å². The summed E-state index contributed by atoms with van der Waals surface area (Å²) in [7, 11) is 0. The molecule has 2 N–H and O–H groups in total. The van der Waals surface area contributed by atoms with E-state index in [4.69, 9.17) is 0 Å². The van der Waals surface area contributed by atoms with Crippen LogP contribution >= 0.6 is 0 Å². The van der Waals surface area contributed by atoms with E-state index in [1.54, 1.807) is 0 Å². The fourth-order valence-electron chi connectivity index (χ4n) is 3.64. The van der Waals surface area contributed by atoms with Crippen LogP contribution in [0.15, 0.2) is 72.8 Å². The first-order valence-corrected chi connectivity index (χ1v) is 9.04. The number of amides is 2. The molecule has 0 fully saturated rings. The van der Waals surface area contributed by atoms with Gasteiger partial charge in [-0.1, -0.05) is 54.6 Å². The number of benzene rings is 3. The molecule has 4 nitrogen and oxygen atoms in total. The van der Waals surface area contributed by atoms with Gasteiger partial charge in [0.1, 0.15) is 0 Å². The van der Waals surface area contributed by atoms with Crippen molar-refractivity contribution in [1.82, 2.24) is 0 Å². The summed E-state index contributed by atoms with van der Waals surface area (Å²) in [6, 6.07) is 23.1. The normalized spacial score (nSPS) is 17.4. The van der Waals surface area contributed by atoms with Crippen LogP contribution in [0.3, 0.4) is 0 Å². The minimum absolute atomic E-state index is 0.103. The molecule has 0 bridgehead atoms. The third kappa shape index (κ3) is 2.72. The Kier molecular flexibility index (Phi) is 3.69. The average molecular weight is 364 g/mol. The summed E-state index contributed by atoms with van der Waals surface area (Å²) in [5.41, 5.74) is 6.56. The van der Waals surface area contributed by atoms with E-state index < -0.39 is 0 Å². The van der Waals surface area contributed by atoms with Gasteiger partial charge in [0.05, 0.1) is 0 Å². The van der Waals surface area contributed by atoms with Crippen molar-refractivity contribution in [3.63, 3.8) is 0 Å². The van der Waals surface area contributed by atoms with Crippen LogP contribution in [0.5, 0.6) is 0 Å². The van der Waals surface area contributed by atoms with E-state index in [0.29, 0.717) is 11.1 Å². The van der Waals surface area contributed by atoms with Crippen LogP contribution in [0.4, 0.5) is 11.4 Å². The van der Waals surface area contributed by atoms with Crippen LogP contribution in [0.1, 0.15) is 22.3 Å².